The van der Waals surface area contributed by atoms with E-state index in [1.54, 1.807) is 41.1 Å². The number of nitrogens with one attached hydrogen (secondary N) is 1. The Balaban J connectivity index is 1.28. The molecule has 4 heterocycles. The third-order valence-electron chi connectivity index (χ3n) is 5.18. The summed E-state index contributed by atoms with van der Waals surface area (Å²) in [5.41, 5.74) is 2.52. The van der Waals surface area contributed by atoms with Gasteiger partial charge in [-0.1, -0.05) is 23.5 Å². The summed E-state index contributed by atoms with van der Waals surface area (Å²) in [4.78, 5) is 39.6. The number of fused-ring (bicyclic) bond motifs is 1. The summed E-state index contributed by atoms with van der Waals surface area (Å²) >= 11 is 3.03. The average molecular weight is 450 g/mol. The number of hydrogen-bond acceptors (Lipinski definition) is 7. The summed E-state index contributed by atoms with van der Waals surface area (Å²) < 4.78 is 0. The second kappa shape index (κ2) is 8.44. The van der Waals surface area contributed by atoms with Crippen LogP contribution in [0.4, 0.5) is 10.8 Å². The van der Waals surface area contributed by atoms with E-state index < -0.39 is 0 Å². The predicted octanol–water partition coefficient (Wildman–Crippen LogP) is 3.97. The molecule has 1 fully saturated rings. The van der Waals surface area contributed by atoms with E-state index in [2.05, 4.69) is 20.2 Å². The van der Waals surface area contributed by atoms with Crippen LogP contribution in [0.2, 0.25) is 0 Å². The summed E-state index contributed by atoms with van der Waals surface area (Å²) in [7, 11) is 0. The van der Waals surface area contributed by atoms with Crippen LogP contribution in [0, 0.1) is 0 Å². The smallest absolute Gasteiger partial charge is 0.256 e. The van der Waals surface area contributed by atoms with E-state index in [0.717, 1.165) is 15.5 Å². The van der Waals surface area contributed by atoms with Crippen LogP contribution >= 0.6 is 22.7 Å². The fraction of sp³-hybridized carbons (Fsp3) is 0.182. The van der Waals surface area contributed by atoms with E-state index in [1.165, 1.54) is 11.3 Å². The maximum Gasteiger partial charge on any atom is 0.256 e. The number of anilines is 2. The number of pyridine rings is 1. The zero-order chi connectivity index (χ0) is 21.2. The first-order chi connectivity index (χ1) is 15.2. The summed E-state index contributed by atoms with van der Waals surface area (Å²) in [6, 6.07) is 12.8. The van der Waals surface area contributed by atoms with Crippen LogP contribution in [-0.2, 0) is 0 Å². The minimum Gasteiger partial charge on any atom is -0.344 e. The fourth-order valence-corrected chi connectivity index (χ4v) is 5.13. The molecule has 31 heavy (non-hydrogen) atoms. The van der Waals surface area contributed by atoms with E-state index >= 15 is 0 Å². The molecular weight excluding hydrogens is 430 g/mol. The quantitative estimate of drug-likeness (QED) is 0.510. The lowest BCUT2D eigenvalue weighted by Crippen LogP contribution is -2.48. The number of thiazole rings is 1. The first kappa shape index (κ1) is 19.7. The maximum absolute atomic E-state index is 13.2. The molecule has 0 unspecified atom stereocenters. The minimum atomic E-state index is -0.212. The molecule has 1 saturated heterocycles. The molecular formula is C22H19N5O2S2. The molecule has 1 N–H and O–H groups in total. The van der Waals surface area contributed by atoms with Gasteiger partial charge in [0.15, 0.2) is 5.13 Å². The van der Waals surface area contributed by atoms with Crippen molar-refractivity contribution in [1.29, 1.82) is 0 Å². The van der Waals surface area contributed by atoms with Crippen molar-refractivity contribution in [2.45, 2.75) is 0 Å². The first-order valence-corrected chi connectivity index (χ1v) is 11.6. The predicted molar refractivity (Wildman–Crippen MR) is 124 cm³/mol. The van der Waals surface area contributed by atoms with Gasteiger partial charge in [0.05, 0.1) is 16.8 Å². The Kier molecular flexibility index (Phi) is 5.35. The number of piperazine rings is 1. The van der Waals surface area contributed by atoms with Gasteiger partial charge in [-0.15, -0.1) is 0 Å². The van der Waals surface area contributed by atoms with Gasteiger partial charge in [0, 0.05) is 37.8 Å². The molecule has 5 rings (SSSR count). The highest BCUT2D eigenvalue weighted by Crippen LogP contribution is 2.28. The third-order valence-corrected chi connectivity index (χ3v) is 6.90. The highest BCUT2D eigenvalue weighted by molar-refractivity contribution is 7.21. The van der Waals surface area contributed by atoms with E-state index in [0.29, 0.717) is 43.0 Å². The van der Waals surface area contributed by atoms with Crippen LogP contribution < -0.4 is 10.2 Å². The van der Waals surface area contributed by atoms with E-state index in [1.807, 2.05) is 34.5 Å². The Morgan fingerprint density at radius 3 is 2.61 bits per heavy atom. The molecule has 0 bridgehead atoms. The Bertz CT molecular complexity index is 1200. The molecule has 3 aromatic heterocycles. The number of hydrogen-bond donors (Lipinski definition) is 1. The molecule has 156 valence electrons. The molecule has 0 saturated carbocycles. The zero-order valence-corrected chi connectivity index (χ0v) is 18.2. The van der Waals surface area contributed by atoms with Crippen molar-refractivity contribution in [3.63, 3.8) is 0 Å². The van der Waals surface area contributed by atoms with Crippen LogP contribution in [0.15, 0.2) is 59.4 Å². The van der Waals surface area contributed by atoms with Crippen molar-refractivity contribution >= 4 is 55.7 Å². The number of thiophene rings is 1. The lowest BCUT2D eigenvalue weighted by molar-refractivity contribution is 0.0748. The highest BCUT2D eigenvalue weighted by atomic mass is 32.1. The number of amides is 2. The second-order valence-electron chi connectivity index (χ2n) is 7.12. The normalized spacial score (nSPS) is 14.1. The number of benzene rings is 1. The van der Waals surface area contributed by atoms with Crippen LogP contribution in [0.5, 0.6) is 0 Å². The molecule has 1 aromatic carbocycles. The van der Waals surface area contributed by atoms with Gasteiger partial charge in [0.2, 0.25) is 0 Å². The molecule has 1 aliphatic heterocycles. The topological polar surface area (TPSA) is 78.4 Å². The largest absolute Gasteiger partial charge is 0.344 e. The summed E-state index contributed by atoms with van der Waals surface area (Å²) in [5, 5.41) is 7.45. The van der Waals surface area contributed by atoms with Gasteiger partial charge in [-0.05, 0) is 35.7 Å². The molecule has 1 aliphatic rings. The SMILES string of the molecule is O=C(Nc1ccccc1C(=O)N1CCN(c2nc3cccnc3s2)CC1)c1ccsc1. The van der Waals surface area contributed by atoms with Gasteiger partial charge >= 0.3 is 0 Å². The van der Waals surface area contributed by atoms with E-state index in [9.17, 15) is 9.59 Å². The molecule has 4 aromatic rings. The number of nitrogens with zero attached hydrogens (tertiary/aromatic N) is 4. The number of carbonyl (C=O) groups is 2. The maximum atomic E-state index is 13.2. The lowest BCUT2D eigenvalue weighted by Gasteiger charge is -2.34. The van der Waals surface area contributed by atoms with Crippen molar-refractivity contribution in [3.05, 3.63) is 70.5 Å². The summed E-state index contributed by atoms with van der Waals surface area (Å²) in [5.74, 6) is -0.289. The average Bonchev–Trinajstić information content (AvgIpc) is 3.49. The number of para-hydroxylation sites is 1. The molecule has 9 heteroatoms. The van der Waals surface area contributed by atoms with Gasteiger partial charge in [0.1, 0.15) is 10.3 Å². The van der Waals surface area contributed by atoms with Crippen LogP contribution in [0.25, 0.3) is 10.3 Å². The van der Waals surface area contributed by atoms with Gasteiger partial charge < -0.3 is 15.1 Å². The third kappa shape index (κ3) is 4.01. The Morgan fingerprint density at radius 2 is 1.84 bits per heavy atom. The Hall–Kier alpha value is -3.30. The van der Waals surface area contributed by atoms with E-state index in [4.69, 9.17) is 0 Å². The highest BCUT2D eigenvalue weighted by Gasteiger charge is 2.25. The first-order valence-electron chi connectivity index (χ1n) is 9.87. The summed E-state index contributed by atoms with van der Waals surface area (Å²) in [6.07, 6.45) is 1.77. The van der Waals surface area contributed by atoms with Crippen LogP contribution in [0.3, 0.4) is 0 Å². The molecule has 7 nitrogen and oxygen atoms in total. The van der Waals surface area contributed by atoms with Crippen molar-refractivity contribution in [3.8, 4) is 0 Å². The minimum absolute atomic E-state index is 0.0770. The van der Waals surface area contributed by atoms with Gasteiger partial charge in [-0.3, -0.25) is 9.59 Å². The molecule has 0 radical (unpaired) electrons. The number of carbonyl (C=O) groups excluding carboxylic acids is 2. The fourth-order valence-electron chi connectivity index (χ4n) is 3.53. The van der Waals surface area contributed by atoms with Crippen molar-refractivity contribution in [2.24, 2.45) is 0 Å². The monoisotopic (exact) mass is 449 g/mol. The molecule has 0 atom stereocenters. The van der Waals surface area contributed by atoms with Crippen LogP contribution in [-0.4, -0.2) is 52.9 Å². The Morgan fingerprint density at radius 1 is 1.00 bits per heavy atom. The van der Waals surface area contributed by atoms with Gasteiger partial charge in [0.25, 0.3) is 11.8 Å². The molecule has 0 spiro atoms. The van der Waals surface area contributed by atoms with E-state index in [-0.39, 0.29) is 11.8 Å². The second-order valence-corrected chi connectivity index (χ2v) is 8.85. The standard InChI is InChI=1S/C22H19N5O2S2/c28-19(15-7-13-30-14-15)24-17-5-2-1-4-16(17)21(29)26-9-11-27(12-10-26)22-25-18-6-3-8-23-20(18)31-22/h1-8,13-14H,9-12H2,(H,24,28). The number of rotatable bonds is 4. The number of aromatic nitrogens is 2. The molecule has 2 amide bonds. The van der Waals surface area contributed by atoms with Crippen molar-refractivity contribution in [2.75, 3.05) is 36.4 Å². The van der Waals surface area contributed by atoms with Crippen molar-refractivity contribution in [1.82, 2.24) is 14.9 Å². The van der Waals surface area contributed by atoms with Crippen LogP contribution in [0.1, 0.15) is 20.7 Å². The zero-order valence-electron chi connectivity index (χ0n) is 16.5. The summed E-state index contributed by atoms with van der Waals surface area (Å²) in [6.45, 7) is 2.59. The van der Waals surface area contributed by atoms with Crippen molar-refractivity contribution < 1.29 is 9.59 Å². The Labute approximate surface area is 187 Å². The van der Waals surface area contributed by atoms with Gasteiger partial charge in [-0.2, -0.15) is 11.3 Å². The van der Waals surface area contributed by atoms with Gasteiger partial charge in [-0.25, -0.2) is 9.97 Å². The molecule has 0 aliphatic carbocycles. The lowest BCUT2D eigenvalue weighted by atomic mass is 10.1.